The van der Waals surface area contributed by atoms with Crippen molar-refractivity contribution in [3.63, 3.8) is 0 Å². The summed E-state index contributed by atoms with van der Waals surface area (Å²) in [5, 5.41) is 10.1. The molecule has 0 radical (unpaired) electrons. The predicted molar refractivity (Wildman–Crippen MR) is 87.2 cm³/mol. The first-order chi connectivity index (χ1) is 10.5. The Morgan fingerprint density at radius 1 is 1.23 bits per heavy atom. The molecular weight excluding hydrogens is 282 g/mol. The summed E-state index contributed by atoms with van der Waals surface area (Å²) in [6, 6.07) is 7.96. The number of aliphatic hydroxyl groups excluding tert-OH is 1. The Morgan fingerprint density at radius 3 is 2.64 bits per heavy atom. The first-order valence-electron chi connectivity index (χ1n) is 7.69. The van der Waals surface area contributed by atoms with Crippen LogP contribution in [0.15, 0.2) is 24.3 Å². The van der Waals surface area contributed by atoms with Crippen LogP contribution in [0.25, 0.3) is 0 Å². The maximum Gasteiger partial charge on any atom is 0.119 e. The summed E-state index contributed by atoms with van der Waals surface area (Å²) < 4.78 is 15.9. The highest BCUT2D eigenvalue weighted by Crippen LogP contribution is 2.14. The van der Waals surface area contributed by atoms with E-state index in [1.54, 1.807) is 14.2 Å². The Balaban J connectivity index is 2.58. The summed E-state index contributed by atoms with van der Waals surface area (Å²) in [6.45, 7) is 6.94. The smallest absolute Gasteiger partial charge is 0.119 e. The Kier molecular flexibility index (Phi) is 9.08. The van der Waals surface area contributed by atoms with E-state index in [0.29, 0.717) is 19.8 Å². The molecule has 22 heavy (non-hydrogen) atoms. The minimum absolute atomic E-state index is 0.125. The number of nitrogens with zero attached hydrogens (tertiary/aromatic N) is 1. The van der Waals surface area contributed by atoms with Crippen LogP contribution in [0.1, 0.15) is 19.4 Å². The molecule has 0 saturated heterocycles. The Labute approximate surface area is 133 Å². The number of hydrogen-bond donors (Lipinski definition) is 1. The summed E-state index contributed by atoms with van der Waals surface area (Å²) in [6.07, 6.45) is -0.384. The molecule has 0 heterocycles. The Morgan fingerprint density at radius 2 is 2.00 bits per heavy atom. The molecule has 5 nitrogen and oxygen atoms in total. The van der Waals surface area contributed by atoms with Gasteiger partial charge in [0.1, 0.15) is 5.75 Å². The van der Waals surface area contributed by atoms with Crippen LogP contribution in [0.3, 0.4) is 0 Å². The third-order valence-corrected chi connectivity index (χ3v) is 3.24. The number of aliphatic hydroxyl groups is 1. The standard InChI is InChI=1S/C17H29NO4/c1-14(2)22-13-16(19)12-18(8-9-20-3)11-15-6-5-7-17(10-15)21-4/h5-7,10,14,16,19H,8-9,11-13H2,1-4H3/t16-/m1/s1. The lowest BCUT2D eigenvalue weighted by Crippen LogP contribution is -2.37. The predicted octanol–water partition coefficient (Wildman–Crippen LogP) is 1.93. The maximum absolute atomic E-state index is 10.1. The lowest BCUT2D eigenvalue weighted by Gasteiger charge is -2.25. The van der Waals surface area contributed by atoms with Crippen LogP contribution in [0.2, 0.25) is 0 Å². The molecule has 0 bridgehead atoms. The van der Waals surface area contributed by atoms with Gasteiger partial charge in [-0.15, -0.1) is 0 Å². The normalized spacial score (nSPS) is 12.9. The van der Waals surface area contributed by atoms with Gasteiger partial charge in [-0.3, -0.25) is 4.90 Å². The average Bonchev–Trinajstić information content (AvgIpc) is 2.50. The topological polar surface area (TPSA) is 51.2 Å². The summed E-state index contributed by atoms with van der Waals surface area (Å²) in [5.41, 5.74) is 1.15. The van der Waals surface area contributed by atoms with Gasteiger partial charge in [0.25, 0.3) is 0 Å². The molecule has 1 aromatic carbocycles. The van der Waals surface area contributed by atoms with Crippen molar-refractivity contribution >= 4 is 0 Å². The van der Waals surface area contributed by atoms with Crippen molar-refractivity contribution in [2.75, 3.05) is 40.5 Å². The highest BCUT2D eigenvalue weighted by Gasteiger charge is 2.13. The molecule has 1 atom stereocenters. The zero-order valence-electron chi connectivity index (χ0n) is 14.1. The van der Waals surface area contributed by atoms with Gasteiger partial charge in [-0.1, -0.05) is 12.1 Å². The first-order valence-corrected chi connectivity index (χ1v) is 7.69. The van der Waals surface area contributed by atoms with Gasteiger partial charge < -0.3 is 19.3 Å². The highest BCUT2D eigenvalue weighted by molar-refractivity contribution is 5.28. The summed E-state index contributed by atoms with van der Waals surface area (Å²) in [4.78, 5) is 2.16. The van der Waals surface area contributed by atoms with Crippen molar-refractivity contribution in [2.45, 2.75) is 32.6 Å². The van der Waals surface area contributed by atoms with Crippen molar-refractivity contribution in [1.29, 1.82) is 0 Å². The molecule has 0 aromatic heterocycles. The number of methoxy groups -OCH3 is 2. The van der Waals surface area contributed by atoms with Crippen molar-refractivity contribution in [3.05, 3.63) is 29.8 Å². The zero-order valence-corrected chi connectivity index (χ0v) is 14.1. The van der Waals surface area contributed by atoms with Gasteiger partial charge >= 0.3 is 0 Å². The molecule has 0 aliphatic carbocycles. The molecule has 0 aliphatic heterocycles. The number of rotatable bonds is 11. The molecule has 1 rings (SSSR count). The van der Waals surface area contributed by atoms with Crippen molar-refractivity contribution in [2.24, 2.45) is 0 Å². The van der Waals surface area contributed by atoms with E-state index in [9.17, 15) is 5.11 Å². The van der Waals surface area contributed by atoms with Crippen LogP contribution in [-0.2, 0) is 16.0 Å². The van der Waals surface area contributed by atoms with Gasteiger partial charge in [-0.2, -0.15) is 0 Å². The molecule has 1 N–H and O–H groups in total. The Hall–Kier alpha value is -1.14. The van der Waals surface area contributed by atoms with Gasteiger partial charge in [0.15, 0.2) is 0 Å². The molecule has 1 aromatic rings. The second-order valence-corrected chi connectivity index (χ2v) is 5.62. The quantitative estimate of drug-likeness (QED) is 0.677. The van der Waals surface area contributed by atoms with Crippen LogP contribution < -0.4 is 4.74 Å². The van der Waals surface area contributed by atoms with Gasteiger partial charge in [0.05, 0.1) is 32.5 Å². The SMILES string of the molecule is COCCN(Cc1cccc(OC)c1)C[C@@H](O)COC(C)C. The van der Waals surface area contributed by atoms with Crippen LogP contribution in [0.5, 0.6) is 5.75 Å². The van der Waals surface area contributed by atoms with Gasteiger partial charge in [-0.05, 0) is 31.5 Å². The van der Waals surface area contributed by atoms with Crippen molar-refractivity contribution in [1.82, 2.24) is 4.90 Å². The minimum atomic E-state index is -0.509. The van der Waals surface area contributed by atoms with Gasteiger partial charge in [0.2, 0.25) is 0 Å². The monoisotopic (exact) mass is 311 g/mol. The van der Waals surface area contributed by atoms with E-state index in [0.717, 1.165) is 24.4 Å². The van der Waals surface area contributed by atoms with Crippen LogP contribution in [-0.4, -0.2) is 62.7 Å². The lowest BCUT2D eigenvalue weighted by molar-refractivity contribution is -0.0121. The van der Waals surface area contributed by atoms with E-state index in [2.05, 4.69) is 11.0 Å². The largest absolute Gasteiger partial charge is 0.497 e. The van der Waals surface area contributed by atoms with Gasteiger partial charge in [0, 0.05) is 26.7 Å². The number of benzene rings is 1. The highest BCUT2D eigenvalue weighted by atomic mass is 16.5. The zero-order chi connectivity index (χ0) is 16.4. The fraction of sp³-hybridized carbons (Fsp3) is 0.647. The lowest BCUT2D eigenvalue weighted by atomic mass is 10.2. The summed E-state index contributed by atoms with van der Waals surface area (Å²) >= 11 is 0. The number of hydrogen-bond acceptors (Lipinski definition) is 5. The molecule has 0 saturated carbocycles. The van der Waals surface area contributed by atoms with Gasteiger partial charge in [-0.25, -0.2) is 0 Å². The van der Waals surface area contributed by atoms with E-state index in [1.165, 1.54) is 0 Å². The van der Waals surface area contributed by atoms with E-state index in [-0.39, 0.29) is 6.10 Å². The molecule has 0 spiro atoms. The van der Waals surface area contributed by atoms with E-state index in [4.69, 9.17) is 14.2 Å². The van der Waals surface area contributed by atoms with Crippen molar-refractivity contribution in [3.8, 4) is 5.75 Å². The second kappa shape index (κ2) is 10.6. The fourth-order valence-electron chi connectivity index (χ4n) is 2.14. The molecular formula is C17H29NO4. The van der Waals surface area contributed by atoms with E-state index >= 15 is 0 Å². The first kappa shape index (κ1) is 18.9. The molecule has 0 unspecified atom stereocenters. The molecule has 0 aliphatic rings. The summed E-state index contributed by atoms with van der Waals surface area (Å²) in [5.74, 6) is 0.841. The third kappa shape index (κ3) is 7.75. The maximum atomic E-state index is 10.1. The van der Waals surface area contributed by atoms with E-state index < -0.39 is 6.10 Å². The third-order valence-electron chi connectivity index (χ3n) is 3.24. The minimum Gasteiger partial charge on any atom is -0.497 e. The van der Waals surface area contributed by atoms with Crippen LogP contribution in [0, 0.1) is 0 Å². The fourth-order valence-corrected chi connectivity index (χ4v) is 2.14. The molecule has 126 valence electrons. The summed E-state index contributed by atoms with van der Waals surface area (Å²) in [7, 11) is 3.34. The Bertz CT molecular complexity index is 411. The van der Waals surface area contributed by atoms with Crippen molar-refractivity contribution < 1.29 is 19.3 Å². The second-order valence-electron chi connectivity index (χ2n) is 5.62. The van der Waals surface area contributed by atoms with Crippen LogP contribution >= 0.6 is 0 Å². The van der Waals surface area contributed by atoms with E-state index in [1.807, 2.05) is 32.0 Å². The molecule has 5 heteroatoms. The van der Waals surface area contributed by atoms with Crippen LogP contribution in [0.4, 0.5) is 0 Å². The molecule has 0 amide bonds. The molecule has 0 fully saturated rings. The number of ether oxygens (including phenoxy) is 3. The average molecular weight is 311 g/mol.